The molecule has 1 aromatic carbocycles. The van der Waals surface area contributed by atoms with Gasteiger partial charge in [-0.2, -0.15) is 0 Å². The van der Waals surface area contributed by atoms with Crippen molar-refractivity contribution in [2.24, 2.45) is 0 Å². The number of rotatable bonds is 3. The van der Waals surface area contributed by atoms with Crippen molar-refractivity contribution in [3.8, 4) is 5.75 Å². The fourth-order valence-corrected chi connectivity index (χ4v) is 1.93. The lowest BCUT2D eigenvalue weighted by Crippen LogP contribution is -2.08. The van der Waals surface area contributed by atoms with E-state index in [0.29, 0.717) is 11.3 Å². The van der Waals surface area contributed by atoms with E-state index in [1.54, 1.807) is 6.92 Å². The zero-order valence-electron chi connectivity index (χ0n) is 11.0. The number of H-pyrrole nitrogens is 1. The molecule has 2 aromatic rings. The lowest BCUT2D eigenvalue weighted by atomic mass is 10.1. The van der Waals surface area contributed by atoms with E-state index in [1.165, 1.54) is 5.56 Å². The van der Waals surface area contributed by atoms with E-state index in [0.717, 1.165) is 11.3 Å². The SMILES string of the molecule is Cc1ccc(OC(C)c2[nH]oc(=O)c2C)c(C)c1. The minimum absolute atomic E-state index is 0.252. The lowest BCUT2D eigenvalue weighted by Gasteiger charge is -2.15. The fourth-order valence-electron chi connectivity index (χ4n) is 1.93. The Labute approximate surface area is 106 Å². The normalized spacial score (nSPS) is 12.4. The summed E-state index contributed by atoms with van der Waals surface area (Å²) in [5.41, 5.74) is 3.17. The summed E-state index contributed by atoms with van der Waals surface area (Å²) in [7, 11) is 0. The summed E-state index contributed by atoms with van der Waals surface area (Å²) in [6.07, 6.45) is -0.252. The van der Waals surface area contributed by atoms with Crippen molar-refractivity contribution < 1.29 is 9.26 Å². The van der Waals surface area contributed by atoms with Crippen LogP contribution in [0.25, 0.3) is 0 Å². The molecule has 4 heteroatoms. The third kappa shape index (κ3) is 2.32. The number of hydrogen-bond acceptors (Lipinski definition) is 3. The minimum atomic E-state index is -0.346. The molecule has 1 heterocycles. The van der Waals surface area contributed by atoms with E-state index >= 15 is 0 Å². The average molecular weight is 247 g/mol. The maximum Gasteiger partial charge on any atom is 0.360 e. The smallest absolute Gasteiger partial charge is 0.360 e. The van der Waals surface area contributed by atoms with Gasteiger partial charge in [0.2, 0.25) is 0 Å². The largest absolute Gasteiger partial charge is 0.484 e. The summed E-state index contributed by atoms with van der Waals surface area (Å²) in [5, 5.41) is 2.61. The van der Waals surface area contributed by atoms with Crippen molar-refractivity contribution in [3.05, 3.63) is 51.0 Å². The molecule has 1 N–H and O–H groups in total. The topological polar surface area (TPSA) is 55.2 Å². The van der Waals surface area contributed by atoms with Crippen molar-refractivity contribution >= 4 is 0 Å². The second-order valence-electron chi connectivity index (χ2n) is 4.56. The Kier molecular flexibility index (Phi) is 3.28. The first-order valence-corrected chi connectivity index (χ1v) is 5.91. The molecule has 1 unspecified atom stereocenters. The molecule has 2 rings (SSSR count). The van der Waals surface area contributed by atoms with E-state index in [-0.39, 0.29) is 11.7 Å². The number of aryl methyl sites for hydroxylation is 2. The van der Waals surface area contributed by atoms with Crippen molar-refractivity contribution in [1.82, 2.24) is 5.16 Å². The Morgan fingerprint density at radius 1 is 1.28 bits per heavy atom. The highest BCUT2D eigenvalue weighted by molar-refractivity contribution is 5.36. The van der Waals surface area contributed by atoms with Crippen LogP contribution in [0.3, 0.4) is 0 Å². The molecule has 0 saturated heterocycles. The third-order valence-corrected chi connectivity index (χ3v) is 3.00. The molecule has 0 aliphatic carbocycles. The van der Waals surface area contributed by atoms with E-state index in [4.69, 9.17) is 9.26 Å². The Morgan fingerprint density at radius 2 is 2.00 bits per heavy atom. The molecule has 4 nitrogen and oxygen atoms in total. The third-order valence-electron chi connectivity index (χ3n) is 3.00. The van der Waals surface area contributed by atoms with Crippen molar-refractivity contribution in [1.29, 1.82) is 0 Å². The summed E-state index contributed by atoms with van der Waals surface area (Å²) in [5.74, 6) is 0.814. The molecule has 0 aliphatic rings. The summed E-state index contributed by atoms with van der Waals surface area (Å²) in [6.45, 7) is 7.64. The summed E-state index contributed by atoms with van der Waals surface area (Å²) >= 11 is 0. The first-order valence-electron chi connectivity index (χ1n) is 5.91. The van der Waals surface area contributed by atoms with Gasteiger partial charge in [-0.1, -0.05) is 17.7 Å². The Balaban J connectivity index is 2.24. The van der Waals surface area contributed by atoms with Crippen LogP contribution in [0.15, 0.2) is 27.5 Å². The Morgan fingerprint density at radius 3 is 2.56 bits per heavy atom. The first kappa shape index (κ1) is 12.5. The van der Waals surface area contributed by atoms with Crippen LogP contribution in [0.5, 0.6) is 5.75 Å². The van der Waals surface area contributed by atoms with Gasteiger partial charge in [-0.05, 0) is 39.3 Å². The Hall–Kier alpha value is -1.97. The summed E-state index contributed by atoms with van der Waals surface area (Å²) in [4.78, 5) is 11.3. The van der Waals surface area contributed by atoms with Crippen LogP contribution in [0.2, 0.25) is 0 Å². The second kappa shape index (κ2) is 4.72. The van der Waals surface area contributed by atoms with Gasteiger partial charge in [0.15, 0.2) is 0 Å². The maximum absolute atomic E-state index is 11.3. The molecule has 0 fully saturated rings. The van der Waals surface area contributed by atoms with Gasteiger partial charge in [-0.15, -0.1) is 0 Å². The van der Waals surface area contributed by atoms with Crippen LogP contribution in [-0.2, 0) is 0 Å². The van der Waals surface area contributed by atoms with Crippen LogP contribution >= 0.6 is 0 Å². The molecular weight excluding hydrogens is 230 g/mol. The minimum Gasteiger partial charge on any atom is -0.484 e. The standard InChI is InChI=1S/C14H17NO3/c1-8-5-6-12(9(2)7-8)17-11(4)13-10(3)14(16)18-15-13/h5-7,11,15H,1-4H3. The molecule has 0 bridgehead atoms. The molecule has 18 heavy (non-hydrogen) atoms. The summed E-state index contributed by atoms with van der Waals surface area (Å²) < 4.78 is 10.6. The molecule has 0 radical (unpaired) electrons. The molecular formula is C14H17NO3. The molecule has 96 valence electrons. The van der Waals surface area contributed by atoms with Crippen LogP contribution < -0.4 is 10.4 Å². The van der Waals surface area contributed by atoms with E-state index in [1.807, 2.05) is 32.9 Å². The monoisotopic (exact) mass is 247 g/mol. The number of aromatic nitrogens is 1. The quantitative estimate of drug-likeness (QED) is 0.907. The number of benzene rings is 1. The van der Waals surface area contributed by atoms with Crippen molar-refractivity contribution in [2.75, 3.05) is 0 Å². The van der Waals surface area contributed by atoms with Gasteiger partial charge in [-0.3, -0.25) is 0 Å². The van der Waals surface area contributed by atoms with Crippen LogP contribution in [-0.4, -0.2) is 5.16 Å². The van der Waals surface area contributed by atoms with Gasteiger partial charge in [0.1, 0.15) is 11.9 Å². The second-order valence-corrected chi connectivity index (χ2v) is 4.56. The zero-order chi connectivity index (χ0) is 13.3. The molecule has 0 aliphatic heterocycles. The maximum atomic E-state index is 11.3. The van der Waals surface area contributed by atoms with Crippen LogP contribution in [0.4, 0.5) is 0 Å². The van der Waals surface area contributed by atoms with Gasteiger partial charge >= 0.3 is 5.63 Å². The predicted octanol–water partition coefficient (Wildman–Crippen LogP) is 3.03. The molecule has 1 atom stereocenters. The highest BCUT2D eigenvalue weighted by atomic mass is 16.5. The summed E-state index contributed by atoms with van der Waals surface area (Å²) in [6, 6.07) is 6.00. The van der Waals surface area contributed by atoms with E-state index in [9.17, 15) is 4.79 Å². The number of ether oxygens (including phenoxy) is 1. The van der Waals surface area contributed by atoms with Crippen LogP contribution in [0.1, 0.15) is 35.4 Å². The number of aromatic amines is 1. The number of hydrogen-bond donors (Lipinski definition) is 1. The first-order chi connectivity index (χ1) is 8.49. The molecule has 0 saturated carbocycles. The molecule has 1 aromatic heterocycles. The average Bonchev–Trinajstić information content (AvgIpc) is 2.64. The van der Waals surface area contributed by atoms with E-state index in [2.05, 4.69) is 11.2 Å². The predicted molar refractivity (Wildman–Crippen MR) is 69.0 cm³/mol. The zero-order valence-corrected chi connectivity index (χ0v) is 11.0. The van der Waals surface area contributed by atoms with Gasteiger partial charge in [0, 0.05) is 0 Å². The van der Waals surface area contributed by atoms with E-state index < -0.39 is 0 Å². The van der Waals surface area contributed by atoms with Gasteiger partial charge in [-0.25, -0.2) is 9.95 Å². The van der Waals surface area contributed by atoms with Crippen LogP contribution in [0, 0.1) is 20.8 Å². The van der Waals surface area contributed by atoms with Crippen molar-refractivity contribution in [3.63, 3.8) is 0 Å². The Bertz CT molecular complexity index is 610. The van der Waals surface area contributed by atoms with Crippen molar-refractivity contribution in [2.45, 2.75) is 33.8 Å². The highest BCUT2D eigenvalue weighted by Crippen LogP contribution is 2.25. The molecule has 0 amide bonds. The number of nitrogens with one attached hydrogen (secondary N) is 1. The molecule has 0 spiro atoms. The van der Waals surface area contributed by atoms with Gasteiger partial charge < -0.3 is 9.26 Å². The van der Waals surface area contributed by atoms with Gasteiger partial charge in [0.25, 0.3) is 0 Å². The van der Waals surface area contributed by atoms with Gasteiger partial charge in [0.05, 0.1) is 11.3 Å². The lowest BCUT2D eigenvalue weighted by molar-refractivity contribution is 0.212. The fraction of sp³-hybridized carbons (Fsp3) is 0.357. The highest BCUT2D eigenvalue weighted by Gasteiger charge is 2.16.